The maximum absolute atomic E-state index is 9.00. The molecule has 0 saturated heterocycles. The molecule has 0 unspecified atom stereocenters. The van der Waals surface area contributed by atoms with Crippen molar-refractivity contribution in [2.24, 2.45) is 0 Å². The Morgan fingerprint density at radius 2 is 2.29 bits per heavy atom. The molecule has 2 aromatic rings. The van der Waals surface area contributed by atoms with Gasteiger partial charge < -0.3 is 9.94 Å². The molecule has 0 spiro atoms. The third-order valence-electron chi connectivity index (χ3n) is 2.19. The summed E-state index contributed by atoms with van der Waals surface area (Å²) in [5.74, 6) is 2.97. The number of halogens is 1. The summed E-state index contributed by atoms with van der Waals surface area (Å²) in [5, 5.41) is 12.7. The van der Waals surface area contributed by atoms with Gasteiger partial charge in [-0.25, -0.2) is 0 Å². The predicted molar refractivity (Wildman–Crippen MR) is 70.8 cm³/mol. The van der Waals surface area contributed by atoms with E-state index in [-0.39, 0.29) is 0 Å². The Balaban J connectivity index is 2.17. The monoisotopic (exact) mass is 340 g/mol. The third-order valence-corrected chi connectivity index (χ3v) is 3.20. The van der Waals surface area contributed by atoms with E-state index < -0.39 is 0 Å². The molecule has 0 radical (unpaired) electrons. The lowest BCUT2D eigenvalue weighted by Crippen LogP contribution is -2.02. The van der Waals surface area contributed by atoms with Gasteiger partial charge in [-0.3, -0.25) is 0 Å². The molecule has 17 heavy (non-hydrogen) atoms. The van der Waals surface area contributed by atoms with Crippen LogP contribution in [0.25, 0.3) is 0 Å². The summed E-state index contributed by atoms with van der Waals surface area (Å²) in [7, 11) is 0. The Kier molecular flexibility index (Phi) is 3.54. The molecule has 86 valence electrons. The fourth-order valence-corrected chi connectivity index (χ4v) is 2.02. The number of benzene rings is 1. The van der Waals surface area contributed by atoms with Crippen LogP contribution in [0, 0.1) is 15.9 Å². The van der Waals surface area contributed by atoms with Crippen molar-refractivity contribution < 1.29 is 9.94 Å². The lowest BCUT2D eigenvalue weighted by molar-refractivity contribution is 0.141. The average Bonchev–Trinajstić information content (AvgIpc) is 2.73. The minimum atomic E-state index is 0.329. The smallest absolute Gasteiger partial charge is 0.236 e. The van der Waals surface area contributed by atoms with Crippen LogP contribution in [0.4, 0.5) is 0 Å². The first-order chi connectivity index (χ1) is 8.20. The second-order valence-corrected chi connectivity index (χ2v) is 4.44. The fourth-order valence-electron chi connectivity index (χ4n) is 1.36. The molecular weight excluding hydrogens is 331 g/mol. The summed E-state index contributed by atoms with van der Waals surface area (Å²) >= 11 is 2.21. The first-order valence-corrected chi connectivity index (χ1v) is 5.90. The van der Waals surface area contributed by atoms with Crippen LogP contribution < -0.4 is 4.74 Å². The second kappa shape index (κ2) is 5.10. The molecule has 1 heterocycles. The Morgan fingerprint density at radius 3 is 2.94 bits per heavy atom. The summed E-state index contributed by atoms with van der Waals surface area (Å²) in [6.45, 7) is 0.329. The second-order valence-electron chi connectivity index (χ2n) is 3.27. The van der Waals surface area contributed by atoms with Crippen LogP contribution in [0.5, 0.6) is 5.88 Å². The van der Waals surface area contributed by atoms with Crippen LogP contribution in [-0.4, -0.2) is 15.2 Å². The molecule has 1 N–H and O–H groups in total. The van der Waals surface area contributed by atoms with Gasteiger partial charge in [-0.05, 0) is 34.7 Å². The first kappa shape index (κ1) is 11.8. The van der Waals surface area contributed by atoms with Gasteiger partial charge in [0.05, 0.1) is 6.20 Å². The van der Waals surface area contributed by atoms with Crippen LogP contribution in [0.3, 0.4) is 0 Å². The first-order valence-electron chi connectivity index (χ1n) is 4.82. The standard InChI is InChI=1S/C12H9IN2O2/c1-2-9-4-3-5-11(13)10(9)8-17-12-6-7-15(16)14-12/h1,3-7,16H,8H2. The molecular formula is C12H9IN2O2. The van der Waals surface area contributed by atoms with E-state index in [1.165, 1.54) is 6.20 Å². The molecule has 1 aromatic heterocycles. The topological polar surface area (TPSA) is 47.3 Å². The maximum Gasteiger partial charge on any atom is 0.236 e. The van der Waals surface area contributed by atoms with Crippen LogP contribution in [0.15, 0.2) is 30.5 Å². The molecule has 2 rings (SSSR count). The SMILES string of the molecule is C#Cc1cccc(I)c1COc1ccn(O)n1. The van der Waals surface area contributed by atoms with E-state index in [0.29, 0.717) is 17.3 Å². The van der Waals surface area contributed by atoms with E-state index >= 15 is 0 Å². The Morgan fingerprint density at radius 1 is 1.47 bits per heavy atom. The lowest BCUT2D eigenvalue weighted by atomic mass is 10.1. The quantitative estimate of drug-likeness (QED) is 0.530. The fraction of sp³-hybridized carbons (Fsp3) is 0.0833. The average molecular weight is 340 g/mol. The van der Waals surface area contributed by atoms with Gasteiger partial charge in [0.2, 0.25) is 5.88 Å². The van der Waals surface area contributed by atoms with Crippen molar-refractivity contribution in [1.82, 2.24) is 9.94 Å². The van der Waals surface area contributed by atoms with Crippen molar-refractivity contribution in [3.05, 3.63) is 45.2 Å². The van der Waals surface area contributed by atoms with Crippen LogP contribution in [-0.2, 0) is 6.61 Å². The maximum atomic E-state index is 9.00. The number of hydrogen-bond acceptors (Lipinski definition) is 3. The zero-order chi connectivity index (χ0) is 12.3. The summed E-state index contributed by atoms with van der Waals surface area (Å²) in [6.07, 6.45) is 6.82. The molecule has 0 bridgehead atoms. The largest absolute Gasteiger partial charge is 0.472 e. The Hall–Kier alpha value is -1.68. The number of ether oxygens (including phenoxy) is 1. The molecule has 0 aliphatic heterocycles. The van der Waals surface area contributed by atoms with Gasteiger partial charge in [0, 0.05) is 20.8 Å². The number of terminal acetylenes is 1. The van der Waals surface area contributed by atoms with Crippen molar-refractivity contribution in [2.75, 3.05) is 0 Å². The highest BCUT2D eigenvalue weighted by Gasteiger charge is 2.07. The lowest BCUT2D eigenvalue weighted by Gasteiger charge is -2.07. The molecule has 5 heteroatoms. The Labute approximate surface area is 112 Å². The minimum absolute atomic E-state index is 0.329. The minimum Gasteiger partial charge on any atom is -0.472 e. The van der Waals surface area contributed by atoms with E-state index in [1.54, 1.807) is 6.07 Å². The number of aromatic nitrogens is 2. The van der Waals surface area contributed by atoms with Crippen LogP contribution in [0.2, 0.25) is 0 Å². The zero-order valence-electron chi connectivity index (χ0n) is 8.80. The van der Waals surface area contributed by atoms with E-state index in [1.807, 2.05) is 18.2 Å². The summed E-state index contributed by atoms with van der Waals surface area (Å²) in [5.41, 5.74) is 1.75. The number of nitrogens with zero attached hydrogens (tertiary/aromatic N) is 2. The van der Waals surface area contributed by atoms with Crippen molar-refractivity contribution >= 4 is 22.6 Å². The summed E-state index contributed by atoms with van der Waals surface area (Å²) in [6, 6.07) is 7.31. The molecule has 1 aromatic carbocycles. The van der Waals surface area contributed by atoms with E-state index in [0.717, 1.165) is 14.7 Å². The van der Waals surface area contributed by atoms with Crippen molar-refractivity contribution in [2.45, 2.75) is 6.61 Å². The van der Waals surface area contributed by atoms with Gasteiger partial charge >= 0.3 is 0 Å². The van der Waals surface area contributed by atoms with E-state index in [2.05, 4.69) is 33.6 Å². The third kappa shape index (κ3) is 2.71. The summed E-state index contributed by atoms with van der Waals surface area (Å²) < 4.78 is 6.49. The van der Waals surface area contributed by atoms with Gasteiger partial charge in [0.25, 0.3) is 0 Å². The number of hydrogen-bond donors (Lipinski definition) is 1. The van der Waals surface area contributed by atoms with Gasteiger partial charge in [-0.2, -0.15) is 0 Å². The Bertz CT molecular complexity index is 572. The summed E-state index contributed by atoms with van der Waals surface area (Å²) in [4.78, 5) is 0.702. The molecule has 0 fully saturated rings. The van der Waals surface area contributed by atoms with E-state index in [4.69, 9.17) is 16.4 Å². The van der Waals surface area contributed by atoms with Crippen molar-refractivity contribution in [3.8, 4) is 18.2 Å². The molecule has 0 aliphatic rings. The highest BCUT2D eigenvalue weighted by atomic mass is 127. The van der Waals surface area contributed by atoms with Crippen LogP contribution in [0.1, 0.15) is 11.1 Å². The van der Waals surface area contributed by atoms with Crippen molar-refractivity contribution in [3.63, 3.8) is 0 Å². The normalized spacial score (nSPS) is 9.88. The molecule has 0 atom stereocenters. The molecule has 0 saturated carbocycles. The van der Waals surface area contributed by atoms with Gasteiger partial charge in [-0.1, -0.05) is 17.1 Å². The van der Waals surface area contributed by atoms with Crippen LogP contribution >= 0.6 is 22.6 Å². The van der Waals surface area contributed by atoms with Crippen molar-refractivity contribution in [1.29, 1.82) is 0 Å². The van der Waals surface area contributed by atoms with Gasteiger partial charge in [0.1, 0.15) is 6.61 Å². The van der Waals surface area contributed by atoms with Gasteiger partial charge in [0.15, 0.2) is 0 Å². The highest BCUT2D eigenvalue weighted by Crippen LogP contribution is 2.18. The number of rotatable bonds is 3. The predicted octanol–water partition coefficient (Wildman–Crippen LogP) is 2.29. The molecule has 0 amide bonds. The van der Waals surface area contributed by atoms with Gasteiger partial charge in [-0.15, -0.1) is 11.3 Å². The zero-order valence-corrected chi connectivity index (χ0v) is 11.0. The molecule has 4 nitrogen and oxygen atoms in total. The van der Waals surface area contributed by atoms with E-state index in [9.17, 15) is 0 Å². The highest BCUT2D eigenvalue weighted by molar-refractivity contribution is 14.1. The molecule has 0 aliphatic carbocycles.